The second-order valence-corrected chi connectivity index (χ2v) is 6.36. The molecule has 0 atom stereocenters. The molecule has 0 aliphatic heterocycles. The van der Waals surface area contributed by atoms with Gasteiger partial charge in [0.25, 0.3) is 5.91 Å². The lowest BCUT2D eigenvalue weighted by Gasteiger charge is -2.20. The fraction of sp³-hybridized carbons (Fsp3) is 0.316. The van der Waals surface area contributed by atoms with Crippen molar-refractivity contribution in [2.75, 3.05) is 11.9 Å². The van der Waals surface area contributed by atoms with Crippen LogP contribution in [0.25, 0.3) is 0 Å². The third-order valence-corrected chi connectivity index (χ3v) is 4.39. The van der Waals surface area contributed by atoms with E-state index in [4.69, 9.17) is 9.52 Å². The lowest BCUT2D eigenvalue weighted by atomic mass is 10.1. The van der Waals surface area contributed by atoms with Crippen molar-refractivity contribution in [3.8, 4) is 0 Å². The molecule has 2 amide bonds. The molecule has 1 aliphatic carbocycles. The van der Waals surface area contributed by atoms with Crippen LogP contribution in [0.1, 0.15) is 45.1 Å². The van der Waals surface area contributed by atoms with E-state index in [-0.39, 0.29) is 35.6 Å². The molecule has 2 N–H and O–H groups in total. The van der Waals surface area contributed by atoms with Gasteiger partial charge in [0.05, 0.1) is 17.8 Å². The van der Waals surface area contributed by atoms with Crippen molar-refractivity contribution in [2.24, 2.45) is 5.92 Å². The molecule has 0 spiro atoms. The summed E-state index contributed by atoms with van der Waals surface area (Å²) >= 11 is 0. The van der Waals surface area contributed by atoms with E-state index >= 15 is 0 Å². The summed E-state index contributed by atoms with van der Waals surface area (Å²) in [4.78, 5) is 37.4. The molecule has 1 saturated carbocycles. The first kappa shape index (κ1) is 17.7. The number of rotatable bonds is 6. The number of aryl methyl sites for hydroxylation is 1. The van der Waals surface area contributed by atoms with Gasteiger partial charge in [-0.2, -0.15) is 0 Å². The van der Waals surface area contributed by atoms with E-state index in [0.29, 0.717) is 17.0 Å². The van der Waals surface area contributed by atoms with E-state index < -0.39 is 5.97 Å². The highest BCUT2D eigenvalue weighted by molar-refractivity contribution is 6.05. The quantitative estimate of drug-likeness (QED) is 0.829. The maximum atomic E-state index is 12.6. The Morgan fingerprint density at radius 2 is 1.92 bits per heavy atom. The second-order valence-electron chi connectivity index (χ2n) is 6.36. The Labute approximate surface area is 150 Å². The molecular formula is C19H20N2O5. The molecule has 1 aromatic carbocycles. The standard InChI is InChI=1S/C19H20N2O5/c1-11-15(19(24)25)9-13(26-11)10-20-17(22)14-5-3-4-6-16(14)21(2)18(23)12-7-8-12/h3-6,9,12H,7-8,10H2,1-2H3,(H,20,22)(H,24,25). The Bertz CT molecular complexity index is 867. The van der Waals surface area contributed by atoms with E-state index in [9.17, 15) is 14.4 Å². The van der Waals surface area contributed by atoms with Gasteiger partial charge in [-0.3, -0.25) is 9.59 Å². The SMILES string of the molecule is Cc1oc(CNC(=O)c2ccccc2N(C)C(=O)C2CC2)cc1C(=O)O. The predicted molar refractivity (Wildman–Crippen MR) is 94.2 cm³/mol. The van der Waals surface area contributed by atoms with E-state index in [0.717, 1.165) is 12.8 Å². The number of carbonyl (C=O) groups excluding carboxylic acids is 2. The van der Waals surface area contributed by atoms with Crippen molar-refractivity contribution in [1.82, 2.24) is 5.32 Å². The van der Waals surface area contributed by atoms with E-state index in [1.807, 2.05) is 0 Å². The van der Waals surface area contributed by atoms with E-state index in [1.54, 1.807) is 38.2 Å². The maximum absolute atomic E-state index is 12.6. The summed E-state index contributed by atoms with van der Waals surface area (Å²) in [5.41, 5.74) is 0.999. The summed E-state index contributed by atoms with van der Waals surface area (Å²) < 4.78 is 5.36. The zero-order valence-corrected chi connectivity index (χ0v) is 14.6. The highest BCUT2D eigenvalue weighted by atomic mass is 16.4. The van der Waals surface area contributed by atoms with Crippen molar-refractivity contribution in [1.29, 1.82) is 0 Å². The number of amides is 2. The maximum Gasteiger partial charge on any atom is 0.339 e. The van der Waals surface area contributed by atoms with Crippen LogP contribution in [0.3, 0.4) is 0 Å². The third-order valence-electron chi connectivity index (χ3n) is 4.39. The lowest BCUT2D eigenvalue weighted by molar-refractivity contribution is -0.119. The van der Waals surface area contributed by atoms with Gasteiger partial charge in [0.15, 0.2) is 0 Å². The fourth-order valence-electron chi connectivity index (χ4n) is 2.79. The van der Waals surface area contributed by atoms with E-state index in [2.05, 4.69) is 5.32 Å². The Morgan fingerprint density at radius 1 is 1.23 bits per heavy atom. The fourth-order valence-corrected chi connectivity index (χ4v) is 2.79. The van der Waals surface area contributed by atoms with Crippen molar-refractivity contribution in [3.05, 3.63) is 53.0 Å². The summed E-state index contributed by atoms with van der Waals surface area (Å²) in [7, 11) is 1.67. The first-order valence-electron chi connectivity index (χ1n) is 8.36. The van der Waals surface area contributed by atoms with Crippen LogP contribution in [0.15, 0.2) is 34.7 Å². The summed E-state index contributed by atoms with van der Waals surface area (Å²) in [5, 5.41) is 11.8. The average molecular weight is 356 g/mol. The number of aromatic carboxylic acids is 1. The van der Waals surface area contributed by atoms with Crippen molar-refractivity contribution in [3.63, 3.8) is 0 Å². The largest absolute Gasteiger partial charge is 0.478 e. The Balaban J connectivity index is 1.73. The molecule has 1 aliphatic rings. The van der Waals surface area contributed by atoms with Gasteiger partial charge in [0, 0.05) is 13.0 Å². The number of anilines is 1. The number of benzene rings is 1. The zero-order chi connectivity index (χ0) is 18.8. The third kappa shape index (κ3) is 3.61. The number of hydrogen-bond acceptors (Lipinski definition) is 4. The van der Waals surface area contributed by atoms with E-state index in [1.165, 1.54) is 11.0 Å². The summed E-state index contributed by atoms with van der Waals surface area (Å²) in [5.74, 6) is -0.726. The molecule has 2 aromatic rings. The van der Waals surface area contributed by atoms with Crippen LogP contribution < -0.4 is 10.2 Å². The van der Waals surface area contributed by atoms with Crippen molar-refractivity contribution >= 4 is 23.5 Å². The summed E-state index contributed by atoms with van der Waals surface area (Å²) in [6.45, 7) is 1.62. The molecular weight excluding hydrogens is 336 g/mol. The second kappa shape index (κ2) is 7.03. The Kier molecular flexibility index (Phi) is 4.79. The minimum absolute atomic E-state index is 0.0120. The number of carbonyl (C=O) groups is 3. The smallest absolute Gasteiger partial charge is 0.339 e. The number of carboxylic acid groups (broad SMARTS) is 1. The zero-order valence-electron chi connectivity index (χ0n) is 14.6. The van der Waals surface area contributed by atoms with Gasteiger partial charge in [0.1, 0.15) is 17.1 Å². The van der Waals surface area contributed by atoms with Crippen LogP contribution in [0, 0.1) is 12.8 Å². The first-order chi connectivity index (χ1) is 12.4. The molecule has 0 saturated heterocycles. The minimum Gasteiger partial charge on any atom is -0.478 e. The predicted octanol–water partition coefficient (Wildman–Crippen LogP) is 2.59. The molecule has 3 rings (SSSR count). The Morgan fingerprint density at radius 3 is 2.54 bits per heavy atom. The summed E-state index contributed by atoms with van der Waals surface area (Å²) in [6, 6.07) is 8.28. The molecule has 7 nitrogen and oxygen atoms in total. The van der Waals surface area contributed by atoms with Crippen LogP contribution in [0.2, 0.25) is 0 Å². The first-order valence-corrected chi connectivity index (χ1v) is 8.36. The van der Waals surface area contributed by atoms with Crippen LogP contribution in [-0.2, 0) is 11.3 Å². The van der Waals surface area contributed by atoms with Crippen molar-refractivity contribution in [2.45, 2.75) is 26.3 Å². The molecule has 0 bridgehead atoms. The molecule has 1 aromatic heterocycles. The average Bonchev–Trinajstić information content (AvgIpc) is 3.40. The minimum atomic E-state index is -1.07. The highest BCUT2D eigenvalue weighted by Crippen LogP contribution is 2.33. The molecule has 1 fully saturated rings. The topological polar surface area (TPSA) is 99.9 Å². The highest BCUT2D eigenvalue weighted by Gasteiger charge is 2.33. The number of nitrogens with one attached hydrogen (secondary N) is 1. The van der Waals surface area contributed by atoms with Crippen LogP contribution in [0.5, 0.6) is 0 Å². The molecule has 0 unspecified atom stereocenters. The van der Waals surface area contributed by atoms with Crippen molar-refractivity contribution < 1.29 is 23.9 Å². The normalized spacial score (nSPS) is 13.3. The van der Waals surface area contributed by atoms with Crippen LogP contribution in [0.4, 0.5) is 5.69 Å². The number of carboxylic acids is 1. The lowest BCUT2D eigenvalue weighted by Crippen LogP contribution is -2.31. The number of para-hydroxylation sites is 1. The number of furan rings is 1. The van der Waals surface area contributed by atoms with Gasteiger partial charge in [-0.05, 0) is 38.0 Å². The monoisotopic (exact) mass is 356 g/mol. The molecule has 7 heteroatoms. The number of hydrogen-bond donors (Lipinski definition) is 2. The van der Waals surface area contributed by atoms with Gasteiger partial charge in [-0.1, -0.05) is 12.1 Å². The summed E-state index contributed by atoms with van der Waals surface area (Å²) in [6.07, 6.45) is 1.78. The molecule has 26 heavy (non-hydrogen) atoms. The van der Waals surface area contributed by atoms with Crippen LogP contribution in [-0.4, -0.2) is 29.9 Å². The molecule has 1 heterocycles. The van der Waals surface area contributed by atoms with Gasteiger partial charge < -0.3 is 19.7 Å². The Hall–Kier alpha value is -3.09. The van der Waals surface area contributed by atoms with Gasteiger partial charge in [0.2, 0.25) is 5.91 Å². The molecule has 0 radical (unpaired) electrons. The van der Waals surface area contributed by atoms with Gasteiger partial charge >= 0.3 is 5.97 Å². The van der Waals surface area contributed by atoms with Crippen LogP contribution >= 0.6 is 0 Å². The van der Waals surface area contributed by atoms with Gasteiger partial charge in [-0.15, -0.1) is 0 Å². The number of nitrogens with zero attached hydrogens (tertiary/aromatic N) is 1. The molecule has 136 valence electrons. The van der Waals surface area contributed by atoms with Gasteiger partial charge in [-0.25, -0.2) is 4.79 Å².